The number of thioether (sulfide) groups is 1. The molecule has 336 valence electrons. The lowest BCUT2D eigenvalue weighted by atomic mass is 10.0. The van der Waals surface area contributed by atoms with Crippen LogP contribution in [0.1, 0.15) is 125 Å². The molecule has 1 saturated heterocycles. The number of carbonyl (C=O) groups is 5. The fourth-order valence-corrected chi connectivity index (χ4v) is 4.39. The van der Waals surface area contributed by atoms with Crippen molar-refractivity contribution in [2.45, 2.75) is 155 Å². The standard InChI is InChI=1S/C11H23NO5.C9H19NO.C8H12N2O4.C8H18.C3H8S.CH5N/c1-8-9(13)7-10(14)11(17-8)16-6-5-15-4-3-12-2;1-3-4-5-6-7-9(8-11)10-2;9-7(13)6-10(3-5-12)8(14)2-1-4-11;1-3-5-7-8-6-4-2;1-3-4-2;1-2/h8-14H,3-7H2,1-2H3;8-10H,3-7H2,1-2H3;4-5H,1-3,6H2,(H2,9,13);3-8H2,1-2H3;3H2,1-2H3;2H2,1H3/t8-,9?,10+,11?;;;;;/m0...../s1. The molecule has 56 heavy (non-hydrogen) atoms. The summed E-state index contributed by atoms with van der Waals surface area (Å²) < 4.78 is 16.0. The van der Waals surface area contributed by atoms with Crippen molar-refractivity contribution >= 4 is 42.4 Å². The van der Waals surface area contributed by atoms with Crippen LogP contribution in [0, 0.1) is 0 Å². The molecule has 3 unspecified atom stereocenters. The number of ether oxygens (including phenoxy) is 3. The van der Waals surface area contributed by atoms with Crippen molar-refractivity contribution in [2.24, 2.45) is 11.5 Å². The number of nitrogens with zero attached hydrogens (tertiary/aromatic N) is 1. The molecule has 1 heterocycles. The molecule has 0 bridgehead atoms. The van der Waals surface area contributed by atoms with E-state index in [-0.39, 0.29) is 44.5 Å². The van der Waals surface area contributed by atoms with Gasteiger partial charge in [0.1, 0.15) is 25.0 Å². The first-order valence-corrected chi connectivity index (χ1v) is 21.8. The van der Waals surface area contributed by atoms with Crippen molar-refractivity contribution in [3.8, 4) is 0 Å². The van der Waals surface area contributed by atoms with Gasteiger partial charge in [0, 0.05) is 25.8 Å². The minimum Gasteiger partial charge on any atom is -0.390 e. The summed E-state index contributed by atoms with van der Waals surface area (Å²) in [5.74, 6) is 0.120. The lowest BCUT2D eigenvalue weighted by Crippen LogP contribution is -2.47. The van der Waals surface area contributed by atoms with Crippen molar-refractivity contribution in [3.63, 3.8) is 0 Å². The second-order valence-electron chi connectivity index (χ2n) is 12.7. The quantitative estimate of drug-likeness (QED) is 0.0513. The molecule has 1 rings (SSSR count). The maximum atomic E-state index is 11.2. The van der Waals surface area contributed by atoms with Crippen LogP contribution in [0.15, 0.2) is 0 Å². The summed E-state index contributed by atoms with van der Waals surface area (Å²) in [4.78, 5) is 53.2. The summed E-state index contributed by atoms with van der Waals surface area (Å²) in [5.41, 5.74) is 9.37. The third-order valence-corrected chi connectivity index (χ3v) is 8.39. The zero-order chi connectivity index (χ0) is 43.8. The monoisotopic (exact) mass is 828 g/mol. The average Bonchev–Trinajstić information content (AvgIpc) is 3.20. The smallest absolute Gasteiger partial charge is 0.237 e. The fraction of sp³-hybridized carbons (Fsp3) is 0.875. The number of amides is 2. The molecule has 1 aliphatic heterocycles. The van der Waals surface area contributed by atoms with E-state index in [4.69, 9.17) is 19.9 Å². The first-order chi connectivity index (χ1) is 26.9. The zero-order valence-corrected chi connectivity index (χ0v) is 37.5. The van der Waals surface area contributed by atoms with Gasteiger partial charge in [0.05, 0.1) is 51.2 Å². The van der Waals surface area contributed by atoms with Crippen molar-refractivity contribution in [3.05, 3.63) is 0 Å². The molecule has 0 aromatic rings. The Hall–Kier alpha value is -2.02. The van der Waals surface area contributed by atoms with Crippen LogP contribution in [0.2, 0.25) is 0 Å². The first-order valence-electron chi connectivity index (χ1n) is 20.4. The highest BCUT2D eigenvalue weighted by atomic mass is 32.2. The highest BCUT2D eigenvalue weighted by Gasteiger charge is 2.34. The van der Waals surface area contributed by atoms with Crippen LogP contribution >= 0.6 is 11.8 Å². The van der Waals surface area contributed by atoms with Crippen molar-refractivity contribution < 1.29 is 48.4 Å². The summed E-state index contributed by atoms with van der Waals surface area (Å²) in [5, 5.41) is 25.0. The Kier molecular flexibility index (Phi) is 59.8. The predicted molar refractivity (Wildman–Crippen MR) is 230 cm³/mol. The van der Waals surface area contributed by atoms with E-state index in [0.29, 0.717) is 32.4 Å². The Balaban J connectivity index is -0.000000202. The molecule has 0 saturated carbocycles. The minimum atomic E-state index is -0.779. The van der Waals surface area contributed by atoms with Crippen LogP contribution in [0.3, 0.4) is 0 Å². The molecule has 15 nitrogen and oxygen atoms in total. The highest BCUT2D eigenvalue weighted by Crippen LogP contribution is 2.20. The molecular formula is C40H85N5O10S. The van der Waals surface area contributed by atoms with E-state index < -0.39 is 30.3 Å². The van der Waals surface area contributed by atoms with Crippen LogP contribution < -0.4 is 22.1 Å². The molecular weight excluding hydrogens is 743 g/mol. The van der Waals surface area contributed by atoms with Gasteiger partial charge >= 0.3 is 0 Å². The molecule has 2 amide bonds. The normalized spacial score (nSPS) is 17.1. The Morgan fingerprint density at radius 1 is 0.893 bits per heavy atom. The van der Waals surface area contributed by atoms with Crippen molar-refractivity contribution in [1.82, 2.24) is 15.5 Å². The second-order valence-corrected chi connectivity index (χ2v) is 13.8. The predicted octanol–water partition coefficient (Wildman–Crippen LogP) is 3.63. The number of nitrogens with one attached hydrogen (secondary N) is 2. The number of nitrogens with two attached hydrogens (primary N) is 2. The van der Waals surface area contributed by atoms with Crippen LogP contribution in [0.25, 0.3) is 0 Å². The van der Waals surface area contributed by atoms with E-state index in [9.17, 15) is 34.2 Å². The number of rotatable bonds is 27. The third kappa shape index (κ3) is 48.1. The van der Waals surface area contributed by atoms with Gasteiger partial charge in [0.2, 0.25) is 11.8 Å². The maximum Gasteiger partial charge on any atom is 0.237 e. The average molecular weight is 828 g/mol. The topological polar surface area (TPSA) is 233 Å². The number of likely N-dealkylation sites (N-methyl/N-ethyl adjacent to an activating group) is 2. The van der Waals surface area contributed by atoms with E-state index in [1.807, 2.05) is 25.9 Å². The van der Waals surface area contributed by atoms with Gasteiger partial charge in [-0.3, -0.25) is 9.59 Å². The number of carbonyl (C=O) groups excluding carboxylic acids is 5. The van der Waals surface area contributed by atoms with E-state index in [0.717, 1.165) is 30.6 Å². The number of hydrogen-bond donors (Lipinski definition) is 6. The van der Waals surface area contributed by atoms with Gasteiger partial charge in [-0.1, -0.05) is 91.9 Å². The van der Waals surface area contributed by atoms with Gasteiger partial charge in [-0.25, -0.2) is 0 Å². The Bertz CT molecular complexity index is 843. The van der Waals surface area contributed by atoms with Gasteiger partial charge in [-0.05, 0) is 46.5 Å². The van der Waals surface area contributed by atoms with Crippen LogP contribution in [0.4, 0.5) is 0 Å². The Morgan fingerprint density at radius 2 is 1.45 bits per heavy atom. The van der Waals surface area contributed by atoms with Gasteiger partial charge < -0.3 is 65.8 Å². The molecule has 8 N–H and O–H groups in total. The van der Waals surface area contributed by atoms with Crippen molar-refractivity contribution in [2.75, 3.05) is 72.6 Å². The summed E-state index contributed by atoms with van der Waals surface area (Å²) in [6, 6.07) is 0.0758. The van der Waals surface area contributed by atoms with Gasteiger partial charge in [0.15, 0.2) is 6.29 Å². The minimum absolute atomic E-state index is 0.00931. The molecule has 0 aromatic carbocycles. The number of aliphatic hydroxyl groups excluding tert-OH is 2. The molecule has 1 aliphatic rings. The number of unbranched alkanes of at least 4 members (excludes halogenated alkanes) is 8. The first kappa shape index (κ1) is 63.2. The van der Waals surface area contributed by atoms with E-state index in [1.165, 1.54) is 70.6 Å². The van der Waals surface area contributed by atoms with Gasteiger partial charge in [-0.15, -0.1) is 0 Å². The fourth-order valence-electron chi connectivity index (χ4n) is 4.39. The summed E-state index contributed by atoms with van der Waals surface area (Å²) in [7, 11) is 5.19. The molecule has 1 fully saturated rings. The number of aldehydes is 3. The second kappa shape index (κ2) is 53.0. The summed E-state index contributed by atoms with van der Waals surface area (Å²) in [6.07, 6.45) is 16.6. The van der Waals surface area contributed by atoms with E-state index >= 15 is 0 Å². The van der Waals surface area contributed by atoms with Crippen LogP contribution in [-0.2, 0) is 38.2 Å². The van der Waals surface area contributed by atoms with Crippen LogP contribution in [-0.4, -0.2) is 149 Å². The Labute approximate surface area is 344 Å². The highest BCUT2D eigenvalue weighted by molar-refractivity contribution is 7.98. The Morgan fingerprint density at radius 3 is 1.88 bits per heavy atom. The van der Waals surface area contributed by atoms with Crippen LogP contribution in [0.5, 0.6) is 0 Å². The SMILES string of the molecule is CCCCCCC(C=O)NC.CCCCCCCC.CCSC.CN.CNCCOCCOC1O[C@@H](C)C(O)C[C@H]1O.NC(=O)CN(CC=O)C(=O)CCC=O. The number of primary amides is 1. The maximum absolute atomic E-state index is 11.2. The molecule has 0 radical (unpaired) electrons. The van der Waals surface area contributed by atoms with Crippen molar-refractivity contribution in [1.29, 1.82) is 0 Å². The summed E-state index contributed by atoms with van der Waals surface area (Å²) in [6.45, 7) is 12.4. The number of aliphatic hydroxyl groups is 2. The third-order valence-electron chi connectivity index (χ3n) is 7.81. The summed E-state index contributed by atoms with van der Waals surface area (Å²) >= 11 is 1.86. The molecule has 5 atom stereocenters. The molecule has 0 spiro atoms. The van der Waals surface area contributed by atoms with Gasteiger partial charge in [-0.2, -0.15) is 11.8 Å². The molecule has 0 aliphatic carbocycles. The molecule has 0 aromatic heterocycles. The van der Waals surface area contributed by atoms with E-state index in [2.05, 4.69) is 50.3 Å². The zero-order valence-electron chi connectivity index (χ0n) is 36.6. The number of hydrogen-bond acceptors (Lipinski definition) is 14. The lowest BCUT2D eigenvalue weighted by molar-refractivity contribution is -0.263. The van der Waals surface area contributed by atoms with E-state index in [1.54, 1.807) is 6.92 Å². The molecule has 16 heteroatoms. The largest absolute Gasteiger partial charge is 0.390 e. The lowest BCUT2D eigenvalue weighted by Gasteiger charge is -2.35. The van der Waals surface area contributed by atoms with Gasteiger partial charge in [0.25, 0.3) is 0 Å².